The molecule has 1 fully saturated rings. The molecule has 1 saturated heterocycles. The first-order chi connectivity index (χ1) is 10.1. The number of amides is 2. The number of hydrogen-bond acceptors (Lipinski definition) is 3. The topological polar surface area (TPSA) is 86.9 Å². The Labute approximate surface area is 119 Å². The minimum Gasteiger partial charge on any atom is -0.354 e. The SMILES string of the molecule is O=C1CC(NC(=O)c2cc(-c3ccc(F)cc3)n[nH]2)CN1. The second-order valence-electron chi connectivity index (χ2n) is 4.85. The Kier molecular flexibility index (Phi) is 3.39. The molecule has 0 bridgehead atoms. The minimum atomic E-state index is -0.328. The summed E-state index contributed by atoms with van der Waals surface area (Å²) in [7, 11) is 0. The molecule has 21 heavy (non-hydrogen) atoms. The molecule has 1 aliphatic heterocycles. The van der Waals surface area contributed by atoms with E-state index in [2.05, 4.69) is 20.8 Å². The molecule has 1 atom stereocenters. The minimum absolute atomic E-state index is 0.0723. The molecule has 0 spiro atoms. The first-order valence-corrected chi connectivity index (χ1v) is 6.51. The average molecular weight is 288 g/mol. The van der Waals surface area contributed by atoms with Crippen LogP contribution in [0.4, 0.5) is 4.39 Å². The molecule has 1 aromatic carbocycles. The van der Waals surface area contributed by atoms with Gasteiger partial charge in [0.25, 0.3) is 5.91 Å². The third kappa shape index (κ3) is 2.91. The van der Waals surface area contributed by atoms with Gasteiger partial charge in [0.05, 0.1) is 11.7 Å². The monoisotopic (exact) mass is 288 g/mol. The molecule has 6 nitrogen and oxygen atoms in total. The van der Waals surface area contributed by atoms with Crippen LogP contribution in [0.25, 0.3) is 11.3 Å². The highest BCUT2D eigenvalue weighted by molar-refractivity contribution is 5.94. The van der Waals surface area contributed by atoms with Gasteiger partial charge >= 0.3 is 0 Å². The summed E-state index contributed by atoms with van der Waals surface area (Å²) in [4.78, 5) is 23.1. The van der Waals surface area contributed by atoms with Gasteiger partial charge in [0, 0.05) is 18.5 Å². The Morgan fingerprint density at radius 1 is 1.33 bits per heavy atom. The third-order valence-corrected chi connectivity index (χ3v) is 3.28. The molecule has 0 saturated carbocycles. The quantitative estimate of drug-likeness (QED) is 0.782. The van der Waals surface area contributed by atoms with E-state index in [1.165, 1.54) is 12.1 Å². The summed E-state index contributed by atoms with van der Waals surface area (Å²) in [5, 5.41) is 12.1. The molecule has 1 aromatic heterocycles. The average Bonchev–Trinajstić information content (AvgIpc) is 3.09. The summed E-state index contributed by atoms with van der Waals surface area (Å²) in [6, 6.07) is 7.23. The number of halogens is 1. The molecular weight excluding hydrogens is 275 g/mol. The molecule has 2 heterocycles. The predicted octanol–water partition coefficient (Wildman–Crippen LogP) is 0.834. The van der Waals surface area contributed by atoms with Crippen molar-refractivity contribution in [1.29, 1.82) is 0 Å². The van der Waals surface area contributed by atoms with E-state index in [0.717, 1.165) is 0 Å². The normalized spacial score (nSPS) is 17.6. The lowest BCUT2D eigenvalue weighted by Crippen LogP contribution is -2.36. The van der Waals surface area contributed by atoms with Crippen LogP contribution < -0.4 is 10.6 Å². The van der Waals surface area contributed by atoms with Gasteiger partial charge in [-0.3, -0.25) is 14.7 Å². The van der Waals surface area contributed by atoms with E-state index in [9.17, 15) is 14.0 Å². The molecule has 2 amide bonds. The molecule has 7 heteroatoms. The van der Waals surface area contributed by atoms with Crippen LogP contribution in [0.3, 0.4) is 0 Å². The zero-order valence-electron chi connectivity index (χ0n) is 11.0. The Balaban J connectivity index is 1.71. The molecule has 0 radical (unpaired) electrons. The van der Waals surface area contributed by atoms with E-state index in [1.807, 2.05) is 0 Å². The summed E-state index contributed by atoms with van der Waals surface area (Å²) in [5.41, 5.74) is 1.57. The maximum absolute atomic E-state index is 12.9. The molecule has 108 valence electrons. The van der Waals surface area contributed by atoms with Crippen LogP contribution in [-0.2, 0) is 4.79 Å². The van der Waals surface area contributed by atoms with Gasteiger partial charge in [0.2, 0.25) is 5.91 Å². The molecule has 0 aliphatic carbocycles. The molecule has 1 unspecified atom stereocenters. The largest absolute Gasteiger partial charge is 0.354 e. The second-order valence-corrected chi connectivity index (χ2v) is 4.85. The number of aromatic amines is 1. The van der Waals surface area contributed by atoms with E-state index in [4.69, 9.17) is 0 Å². The summed E-state index contributed by atoms with van der Waals surface area (Å²) in [5.74, 6) is -0.722. The fourth-order valence-electron chi connectivity index (χ4n) is 2.18. The van der Waals surface area contributed by atoms with Crippen molar-refractivity contribution in [2.45, 2.75) is 12.5 Å². The number of hydrogen-bond donors (Lipinski definition) is 3. The zero-order chi connectivity index (χ0) is 14.8. The van der Waals surface area contributed by atoms with E-state index < -0.39 is 0 Å². The maximum Gasteiger partial charge on any atom is 0.269 e. The van der Waals surface area contributed by atoms with E-state index >= 15 is 0 Å². The standard InChI is InChI=1S/C14H13FN4O2/c15-9-3-1-8(2-4-9)11-6-12(19-18-11)14(21)17-10-5-13(20)16-7-10/h1-4,6,10H,5,7H2,(H,16,20)(H,17,21)(H,18,19). The lowest BCUT2D eigenvalue weighted by molar-refractivity contribution is -0.119. The van der Waals surface area contributed by atoms with Gasteiger partial charge in [-0.25, -0.2) is 4.39 Å². The Morgan fingerprint density at radius 3 is 2.76 bits per heavy atom. The summed E-state index contributed by atoms with van der Waals surface area (Å²) in [6.07, 6.45) is 0.282. The molecule has 3 N–H and O–H groups in total. The highest BCUT2D eigenvalue weighted by Crippen LogP contribution is 2.18. The third-order valence-electron chi connectivity index (χ3n) is 3.28. The number of H-pyrrole nitrogens is 1. The molecule has 1 aliphatic rings. The van der Waals surface area contributed by atoms with Gasteiger partial charge in [-0.15, -0.1) is 0 Å². The molecule has 2 aromatic rings. The Hall–Kier alpha value is -2.70. The van der Waals surface area contributed by atoms with Crippen molar-refractivity contribution < 1.29 is 14.0 Å². The summed E-state index contributed by atoms with van der Waals surface area (Å²) < 4.78 is 12.9. The van der Waals surface area contributed by atoms with E-state index in [-0.39, 0.29) is 30.1 Å². The maximum atomic E-state index is 12.9. The lowest BCUT2D eigenvalue weighted by atomic mass is 10.1. The Morgan fingerprint density at radius 2 is 2.10 bits per heavy atom. The highest BCUT2D eigenvalue weighted by atomic mass is 19.1. The first kappa shape index (κ1) is 13.3. The van der Waals surface area contributed by atoms with Crippen LogP contribution >= 0.6 is 0 Å². The lowest BCUT2D eigenvalue weighted by Gasteiger charge is -2.08. The first-order valence-electron chi connectivity index (χ1n) is 6.51. The van der Waals surface area contributed by atoms with Crippen LogP contribution in [0.2, 0.25) is 0 Å². The number of carbonyl (C=O) groups is 2. The van der Waals surface area contributed by atoms with Gasteiger partial charge in [-0.05, 0) is 30.3 Å². The molecule has 3 rings (SSSR count). The Bertz CT molecular complexity index is 681. The predicted molar refractivity (Wildman–Crippen MR) is 72.9 cm³/mol. The fraction of sp³-hybridized carbons (Fsp3) is 0.214. The van der Waals surface area contributed by atoms with Crippen molar-refractivity contribution >= 4 is 11.8 Å². The molecular formula is C14H13FN4O2. The van der Waals surface area contributed by atoms with Gasteiger partial charge in [0.1, 0.15) is 11.5 Å². The number of carbonyl (C=O) groups excluding carboxylic acids is 2. The number of rotatable bonds is 3. The van der Waals surface area contributed by atoms with Crippen LogP contribution in [0.15, 0.2) is 30.3 Å². The number of benzene rings is 1. The smallest absolute Gasteiger partial charge is 0.269 e. The van der Waals surface area contributed by atoms with Crippen molar-refractivity contribution in [3.63, 3.8) is 0 Å². The number of nitrogens with one attached hydrogen (secondary N) is 3. The van der Waals surface area contributed by atoms with Crippen LogP contribution in [0.5, 0.6) is 0 Å². The van der Waals surface area contributed by atoms with Crippen molar-refractivity contribution in [1.82, 2.24) is 20.8 Å². The fourth-order valence-corrected chi connectivity index (χ4v) is 2.18. The van der Waals surface area contributed by atoms with Crippen molar-refractivity contribution in [3.05, 3.63) is 41.8 Å². The summed E-state index contributed by atoms with van der Waals surface area (Å²) >= 11 is 0. The number of nitrogens with zero attached hydrogens (tertiary/aromatic N) is 1. The van der Waals surface area contributed by atoms with Crippen molar-refractivity contribution in [2.75, 3.05) is 6.54 Å². The van der Waals surface area contributed by atoms with Crippen molar-refractivity contribution in [3.8, 4) is 11.3 Å². The zero-order valence-corrected chi connectivity index (χ0v) is 11.0. The highest BCUT2D eigenvalue weighted by Gasteiger charge is 2.24. The van der Waals surface area contributed by atoms with Gasteiger partial charge in [-0.2, -0.15) is 5.10 Å². The number of aromatic nitrogens is 2. The van der Waals surface area contributed by atoms with Gasteiger partial charge in [-0.1, -0.05) is 0 Å². The van der Waals surface area contributed by atoms with Gasteiger partial charge < -0.3 is 10.6 Å². The van der Waals surface area contributed by atoms with Crippen LogP contribution in [0.1, 0.15) is 16.9 Å². The van der Waals surface area contributed by atoms with E-state index in [0.29, 0.717) is 23.5 Å². The van der Waals surface area contributed by atoms with E-state index in [1.54, 1.807) is 18.2 Å². The van der Waals surface area contributed by atoms with Gasteiger partial charge in [0.15, 0.2) is 0 Å². The van der Waals surface area contributed by atoms with Crippen molar-refractivity contribution in [2.24, 2.45) is 0 Å². The van der Waals surface area contributed by atoms with Crippen LogP contribution in [-0.4, -0.2) is 34.6 Å². The summed E-state index contributed by atoms with van der Waals surface area (Å²) in [6.45, 7) is 0.434. The second kappa shape index (κ2) is 5.35. The van der Waals surface area contributed by atoms with Crippen LogP contribution in [0, 0.1) is 5.82 Å².